The van der Waals surface area contributed by atoms with E-state index in [2.05, 4.69) is 0 Å². The second-order valence-electron chi connectivity index (χ2n) is 6.00. The van der Waals surface area contributed by atoms with Gasteiger partial charge < -0.3 is 4.74 Å². The fourth-order valence-corrected chi connectivity index (χ4v) is 4.71. The zero-order valence-electron chi connectivity index (χ0n) is 15.1. The van der Waals surface area contributed by atoms with E-state index in [1.165, 1.54) is 0 Å². The van der Waals surface area contributed by atoms with E-state index in [-0.39, 0.29) is 5.92 Å². The van der Waals surface area contributed by atoms with Crippen LogP contribution in [0.1, 0.15) is 52.0 Å². The van der Waals surface area contributed by atoms with Gasteiger partial charge in [-0.15, -0.1) is 0 Å². The highest BCUT2D eigenvalue weighted by atomic mass is 32.2. The van der Waals surface area contributed by atoms with E-state index in [0.29, 0.717) is 23.9 Å². The lowest BCUT2D eigenvalue weighted by atomic mass is 9.99. The topological polar surface area (TPSA) is 46.6 Å². The van der Waals surface area contributed by atoms with Crippen LogP contribution in [0.15, 0.2) is 29.2 Å². The highest BCUT2D eigenvalue weighted by Gasteiger charge is 2.31. The van der Waals surface area contributed by atoms with Crippen LogP contribution in [0, 0.1) is 5.92 Å². The van der Waals surface area contributed by atoms with Gasteiger partial charge in [-0.1, -0.05) is 45.9 Å². The molecule has 0 bridgehead atoms. The summed E-state index contributed by atoms with van der Waals surface area (Å²) in [7, 11) is -1.69. The van der Waals surface area contributed by atoms with E-state index in [9.17, 15) is 8.42 Å². The number of methoxy groups -OCH3 is 1. The smallest absolute Gasteiger partial charge is 0.243 e. The maximum absolute atomic E-state index is 12.9. The molecule has 4 nitrogen and oxygen atoms in total. The van der Waals surface area contributed by atoms with Gasteiger partial charge >= 0.3 is 0 Å². The Labute approximate surface area is 141 Å². The van der Waals surface area contributed by atoms with E-state index in [0.717, 1.165) is 25.0 Å². The highest BCUT2D eigenvalue weighted by Crippen LogP contribution is 2.29. The Morgan fingerprint density at radius 2 is 1.74 bits per heavy atom. The van der Waals surface area contributed by atoms with Crippen LogP contribution in [0.25, 0.3) is 0 Å². The molecule has 1 aliphatic heterocycles. The number of nitrogens with zero attached hydrogens (tertiary/aromatic N) is 1. The molecule has 0 radical (unpaired) electrons. The monoisotopic (exact) mass is 341 g/mol. The third-order valence-corrected chi connectivity index (χ3v) is 6.11. The first-order valence-corrected chi connectivity index (χ1v) is 9.98. The predicted octanol–water partition coefficient (Wildman–Crippen LogP) is 3.88. The summed E-state index contributed by atoms with van der Waals surface area (Å²) in [6.07, 6.45) is 1.74. The van der Waals surface area contributed by atoms with Gasteiger partial charge in [0.05, 0.1) is 4.90 Å². The minimum atomic E-state index is -3.38. The summed E-state index contributed by atoms with van der Waals surface area (Å²) in [5.41, 5.74) is 0.900. The molecule has 1 aromatic rings. The van der Waals surface area contributed by atoms with Gasteiger partial charge in [0.15, 0.2) is 0 Å². The van der Waals surface area contributed by atoms with E-state index < -0.39 is 10.0 Å². The van der Waals surface area contributed by atoms with Crippen LogP contribution < -0.4 is 0 Å². The molecule has 0 aromatic heterocycles. The summed E-state index contributed by atoms with van der Waals surface area (Å²) >= 11 is 0. The summed E-state index contributed by atoms with van der Waals surface area (Å²) in [4.78, 5) is 0.463. The van der Waals surface area contributed by atoms with Gasteiger partial charge in [0.1, 0.15) is 0 Å². The van der Waals surface area contributed by atoms with Crippen LogP contribution in [0.5, 0.6) is 0 Å². The number of rotatable bonds is 5. The Hall–Kier alpha value is -0.910. The van der Waals surface area contributed by atoms with Crippen LogP contribution in [0.4, 0.5) is 0 Å². The van der Waals surface area contributed by atoms with Crippen molar-refractivity contribution >= 4 is 10.0 Å². The molecule has 0 aliphatic carbocycles. The lowest BCUT2D eigenvalue weighted by molar-refractivity contribution is 0.121. The molecule has 5 heteroatoms. The van der Waals surface area contributed by atoms with Crippen molar-refractivity contribution in [2.45, 2.75) is 51.3 Å². The number of sulfonamides is 1. The lowest BCUT2D eigenvalue weighted by Crippen LogP contribution is -2.39. The SMILES string of the molecule is CC.COCC1CCN(S(=O)(=O)c2ccccc2C(C)C)CC1. The quantitative estimate of drug-likeness (QED) is 0.816. The summed E-state index contributed by atoms with van der Waals surface area (Å²) in [5.74, 6) is 0.670. The normalized spacial score (nSPS) is 17.0. The fourth-order valence-electron chi connectivity index (χ4n) is 2.88. The summed E-state index contributed by atoms with van der Waals surface area (Å²) in [6.45, 7) is 9.94. The molecule has 23 heavy (non-hydrogen) atoms. The molecule has 0 N–H and O–H groups in total. The van der Waals surface area contributed by atoms with Crippen LogP contribution in [-0.4, -0.2) is 39.5 Å². The van der Waals surface area contributed by atoms with Gasteiger partial charge in [-0.05, 0) is 36.3 Å². The van der Waals surface area contributed by atoms with Crippen molar-refractivity contribution in [2.75, 3.05) is 26.8 Å². The van der Waals surface area contributed by atoms with E-state index in [1.807, 2.05) is 39.8 Å². The standard InChI is InChI=1S/C16H25NO3S.C2H6/c1-13(2)15-6-4-5-7-16(15)21(18,19)17-10-8-14(9-11-17)12-20-3;1-2/h4-7,13-14H,8-12H2,1-3H3;1-2H3. The molecule has 0 saturated carbocycles. The maximum Gasteiger partial charge on any atom is 0.243 e. The van der Waals surface area contributed by atoms with Gasteiger partial charge in [-0.2, -0.15) is 4.31 Å². The first kappa shape index (κ1) is 20.1. The zero-order valence-corrected chi connectivity index (χ0v) is 15.9. The Bertz CT molecular complexity index is 561. The minimum absolute atomic E-state index is 0.196. The Kier molecular flexibility index (Phi) is 8.23. The van der Waals surface area contributed by atoms with Gasteiger partial charge in [0, 0.05) is 26.8 Å². The lowest BCUT2D eigenvalue weighted by Gasteiger charge is -2.31. The first-order chi connectivity index (χ1) is 11.0. The van der Waals surface area contributed by atoms with E-state index in [1.54, 1.807) is 23.5 Å². The maximum atomic E-state index is 12.9. The molecular weight excluding hydrogens is 310 g/mol. The second-order valence-corrected chi connectivity index (χ2v) is 7.90. The second kappa shape index (κ2) is 9.40. The third kappa shape index (κ3) is 5.03. The van der Waals surface area contributed by atoms with E-state index >= 15 is 0 Å². The largest absolute Gasteiger partial charge is 0.384 e. The van der Waals surface area contributed by atoms with Gasteiger partial charge in [-0.25, -0.2) is 8.42 Å². The van der Waals surface area contributed by atoms with Crippen molar-refractivity contribution in [3.63, 3.8) is 0 Å². The fraction of sp³-hybridized carbons (Fsp3) is 0.667. The number of ether oxygens (including phenoxy) is 1. The third-order valence-electron chi connectivity index (χ3n) is 4.13. The molecule has 1 aromatic carbocycles. The Balaban J connectivity index is 0.00000127. The molecule has 0 unspecified atom stereocenters. The van der Waals surface area contributed by atoms with Crippen LogP contribution >= 0.6 is 0 Å². The molecule has 1 aliphatic rings. The molecule has 2 rings (SSSR count). The van der Waals surface area contributed by atoms with Crippen LogP contribution in [-0.2, 0) is 14.8 Å². The molecule has 0 atom stereocenters. The average molecular weight is 342 g/mol. The molecule has 132 valence electrons. The summed E-state index contributed by atoms with van der Waals surface area (Å²) in [6, 6.07) is 7.34. The van der Waals surface area contributed by atoms with Crippen molar-refractivity contribution < 1.29 is 13.2 Å². The molecule has 0 spiro atoms. The zero-order chi connectivity index (χ0) is 17.5. The van der Waals surface area contributed by atoms with Crippen molar-refractivity contribution in [3.8, 4) is 0 Å². The Morgan fingerprint density at radius 1 is 1.17 bits per heavy atom. The van der Waals surface area contributed by atoms with E-state index in [4.69, 9.17) is 4.74 Å². The minimum Gasteiger partial charge on any atom is -0.384 e. The molecular formula is C18H31NO3S. The number of hydrogen-bond donors (Lipinski definition) is 0. The van der Waals surface area contributed by atoms with Crippen molar-refractivity contribution in [2.24, 2.45) is 5.92 Å². The molecule has 1 fully saturated rings. The predicted molar refractivity (Wildman–Crippen MR) is 95.2 cm³/mol. The Morgan fingerprint density at radius 3 is 2.26 bits per heavy atom. The first-order valence-electron chi connectivity index (χ1n) is 8.54. The molecule has 1 heterocycles. The number of piperidine rings is 1. The summed E-state index contributed by atoms with van der Waals surface area (Å²) in [5, 5.41) is 0. The molecule has 0 amide bonds. The van der Waals surface area contributed by atoms with Gasteiger partial charge in [-0.3, -0.25) is 0 Å². The highest BCUT2D eigenvalue weighted by molar-refractivity contribution is 7.89. The molecule has 1 saturated heterocycles. The van der Waals surface area contributed by atoms with Crippen LogP contribution in [0.3, 0.4) is 0 Å². The van der Waals surface area contributed by atoms with Crippen LogP contribution in [0.2, 0.25) is 0 Å². The van der Waals surface area contributed by atoms with Gasteiger partial charge in [0.2, 0.25) is 10.0 Å². The summed E-state index contributed by atoms with van der Waals surface area (Å²) < 4.78 is 32.5. The average Bonchev–Trinajstić information content (AvgIpc) is 2.57. The van der Waals surface area contributed by atoms with Crippen molar-refractivity contribution in [1.82, 2.24) is 4.31 Å². The van der Waals surface area contributed by atoms with Gasteiger partial charge in [0.25, 0.3) is 0 Å². The van der Waals surface area contributed by atoms with Crippen molar-refractivity contribution in [1.29, 1.82) is 0 Å². The number of hydrogen-bond acceptors (Lipinski definition) is 3. The number of benzene rings is 1. The van der Waals surface area contributed by atoms with Crippen molar-refractivity contribution in [3.05, 3.63) is 29.8 Å².